The van der Waals surface area contributed by atoms with E-state index in [0.717, 1.165) is 18.6 Å². The first kappa shape index (κ1) is 29.7. The highest BCUT2D eigenvalue weighted by atomic mass is 35.5. The maximum absolute atomic E-state index is 14.5. The Balaban J connectivity index is 1.55. The second-order valence-electron chi connectivity index (χ2n) is 9.71. The van der Waals surface area contributed by atoms with Gasteiger partial charge in [-0.25, -0.2) is 18.6 Å². The molecule has 12 heteroatoms. The third-order valence-corrected chi connectivity index (χ3v) is 7.04. The fourth-order valence-electron chi connectivity index (χ4n) is 4.56. The second-order valence-corrected chi connectivity index (χ2v) is 10.1. The number of nitrogens with zero attached hydrogens (tertiary/aromatic N) is 2. The molecule has 216 valence electrons. The summed E-state index contributed by atoms with van der Waals surface area (Å²) in [5, 5.41) is 5.29. The molecular formula is C29H30ClF2N5O4. The van der Waals surface area contributed by atoms with Crippen LogP contribution in [0.2, 0.25) is 5.02 Å². The van der Waals surface area contributed by atoms with Crippen LogP contribution < -0.4 is 10.6 Å². The number of imidazole rings is 1. The molecule has 1 aliphatic rings. The largest absolute Gasteiger partial charge is 0.453 e. The Kier molecular flexibility index (Phi) is 9.38. The molecule has 0 spiro atoms. The smallest absolute Gasteiger partial charge is 0.411 e. The normalized spacial score (nSPS) is 14.0. The van der Waals surface area contributed by atoms with E-state index in [1.165, 1.54) is 18.1 Å². The van der Waals surface area contributed by atoms with Crippen molar-refractivity contribution in [2.45, 2.75) is 39.7 Å². The number of aromatic nitrogens is 2. The molecule has 1 aromatic heterocycles. The monoisotopic (exact) mass is 585 g/mol. The standard InChI is InChI=1S/C29H30ClF2N5O4/c1-4-5-16(2)28(39)36-23-13-18(35-29(40)41-3)6-7-20(23)27-33-14-19(34-27)15-37-11-10-17(12-24(37)38)25-22(31)9-8-21(30)26(25)32/h6-9,12-14,16H,4-5,10-11,15H2,1-3H3,(H,33,34)(H,35,40)(H,36,39)/t16-/m1/s1. The molecule has 0 saturated carbocycles. The Labute approximate surface area is 240 Å². The van der Waals surface area contributed by atoms with Gasteiger partial charge in [-0.1, -0.05) is 31.9 Å². The number of H-pyrrole nitrogens is 1. The first-order valence-electron chi connectivity index (χ1n) is 13.1. The van der Waals surface area contributed by atoms with Gasteiger partial charge in [0.25, 0.3) is 0 Å². The minimum absolute atomic E-state index is 0.174. The summed E-state index contributed by atoms with van der Waals surface area (Å²) in [6.07, 6.45) is 3.94. The van der Waals surface area contributed by atoms with Crippen molar-refractivity contribution in [2.75, 3.05) is 24.3 Å². The van der Waals surface area contributed by atoms with Gasteiger partial charge in [-0.05, 0) is 48.7 Å². The van der Waals surface area contributed by atoms with Crippen LogP contribution in [-0.4, -0.2) is 46.4 Å². The van der Waals surface area contributed by atoms with Gasteiger partial charge in [0.15, 0.2) is 5.82 Å². The van der Waals surface area contributed by atoms with Crippen LogP contribution in [0.1, 0.15) is 44.4 Å². The van der Waals surface area contributed by atoms with Gasteiger partial charge in [0.1, 0.15) is 11.6 Å². The van der Waals surface area contributed by atoms with Crippen molar-refractivity contribution in [3.8, 4) is 11.4 Å². The van der Waals surface area contributed by atoms with Crippen LogP contribution >= 0.6 is 11.6 Å². The molecule has 41 heavy (non-hydrogen) atoms. The van der Waals surface area contributed by atoms with E-state index < -0.39 is 23.6 Å². The predicted octanol–water partition coefficient (Wildman–Crippen LogP) is 6.38. The van der Waals surface area contributed by atoms with Crippen LogP contribution in [-0.2, 0) is 20.9 Å². The van der Waals surface area contributed by atoms with E-state index in [0.29, 0.717) is 34.9 Å². The number of ether oxygens (including phenoxy) is 1. The summed E-state index contributed by atoms with van der Waals surface area (Å²) >= 11 is 5.81. The Morgan fingerprint density at radius 2 is 2.00 bits per heavy atom. The van der Waals surface area contributed by atoms with Crippen LogP contribution in [0, 0.1) is 17.6 Å². The molecule has 0 radical (unpaired) electrons. The number of amides is 3. The number of hydrogen-bond donors (Lipinski definition) is 3. The van der Waals surface area contributed by atoms with E-state index in [1.807, 2.05) is 13.8 Å². The number of aromatic amines is 1. The first-order valence-corrected chi connectivity index (χ1v) is 13.5. The zero-order valence-corrected chi connectivity index (χ0v) is 23.6. The lowest BCUT2D eigenvalue weighted by Gasteiger charge is -2.26. The zero-order chi connectivity index (χ0) is 29.7. The molecule has 1 atom stereocenters. The quantitative estimate of drug-likeness (QED) is 0.252. The lowest BCUT2D eigenvalue weighted by atomic mass is 9.98. The Hall–Kier alpha value is -4.25. The van der Waals surface area contributed by atoms with Crippen LogP contribution in [0.5, 0.6) is 0 Å². The third-order valence-electron chi connectivity index (χ3n) is 6.75. The summed E-state index contributed by atoms with van der Waals surface area (Å²) in [4.78, 5) is 46.5. The molecule has 0 fully saturated rings. The highest BCUT2D eigenvalue weighted by molar-refractivity contribution is 6.31. The highest BCUT2D eigenvalue weighted by Crippen LogP contribution is 2.33. The molecule has 0 saturated heterocycles. The summed E-state index contributed by atoms with van der Waals surface area (Å²) in [7, 11) is 1.25. The van der Waals surface area contributed by atoms with Crippen molar-refractivity contribution < 1.29 is 27.9 Å². The van der Waals surface area contributed by atoms with Gasteiger partial charge in [-0.3, -0.25) is 14.9 Å². The van der Waals surface area contributed by atoms with Gasteiger partial charge in [0.2, 0.25) is 11.8 Å². The topological polar surface area (TPSA) is 116 Å². The number of carbonyl (C=O) groups excluding carboxylic acids is 3. The summed E-state index contributed by atoms with van der Waals surface area (Å²) in [5.41, 5.74) is 1.98. The molecule has 3 aromatic rings. The van der Waals surface area contributed by atoms with E-state index >= 15 is 0 Å². The van der Waals surface area contributed by atoms with Crippen LogP contribution in [0.15, 0.2) is 42.6 Å². The fraction of sp³-hybridized carbons (Fsp3) is 0.310. The number of anilines is 2. The van der Waals surface area contributed by atoms with E-state index in [9.17, 15) is 23.2 Å². The number of carbonyl (C=O) groups is 3. The summed E-state index contributed by atoms with van der Waals surface area (Å²) in [5.74, 6) is -2.04. The number of methoxy groups -OCH3 is 1. The Morgan fingerprint density at radius 3 is 2.71 bits per heavy atom. The molecule has 0 aliphatic carbocycles. The average Bonchev–Trinajstić information content (AvgIpc) is 3.41. The maximum Gasteiger partial charge on any atom is 0.411 e. The molecule has 0 bridgehead atoms. The maximum atomic E-state index is 14.5. The molecule has 3 N–H and O–H groups in total. The van der Waals surface area contributed by atoms with Crippen molar-refractivity contribution in [2.24, 2.45) is 5.92 Å². The van der Waals surface area contributed by atoms with Gasteiger partial charge in [-0.2, -0.15) is 0 Å². The van der Waals surface area contributed by atoms with Gasteiger partial charge in [0.05, 0.1) is 41.8 Å². The van der Waals surface area contributed by atoms with E-state index in [-0.39, 0.29) is 47.5 Å². The SMILES string of the molecule is CCC[C@@H](C)C(=O)Nc1cc(NC(=O)OC)ccc1-c1ncc(CN2CCC(c3c(F)ccc(Cl)c3F)=CC2=O)[nH]1. The molecule has 9 nitrogen and oxygen atoms in total. The van der Waals surface area contributed by atoms with Crippen molar-refractivity contribution >= 4 is 46.5 Å². The molecule has 2 aromatic carbocycles. The molecule has 1 aliphatic heterocycles. The van der Waals surface area contributed by atoms with Crippen LogP contribution in [0.25, 0.3) is 17.0 Å². The molecule has 3 amide bonds. The van der Waals surface area contributed by atoms with Crippen molar-refractivity contribution in [3.05, 3.63) is 70.5 Å². The minimum atomic E-state index is -0.892. The second kappa shape index (κ2) is 12.9. The van der Waals surface area contributed by atoms with Gasteiger partial charge in [-0.15, -0.1) is 0 Å². The predicted molar refractivity (Wildman–Crippen MR) is 152 cm³/mol. The van der Waals surface area contributed by atoms with E-state index in [1.54, 1.807) is 24.4 Å². The number of benzene rings is 2. The van der Waals surface area contributed by atoms with Crippen molar-refractivity contribution in [1.82, 2.24) is 14.9 Å². The first-order chi connectivity index (χ1) is 19.6. The molecule has 0 unspecified atom stereocenters. The van der Waals surface area contributed by atoms with Gasteiger partial charge < -0.3 is 19.9 Å². The van der Waals surface area contributed by atoms with Crippen LogP contribution in [0.4, 0.5) is 25.0 Å². The molecule has 2 heterocycles. The molecule has 4 rings (SSSR count). The van der Waals surface area contributed by atoms with Crippen molar-refractivity contribution in [3.63, 3.8) is 0 Å². The van der Waals surface area contributed by atoms with Gasteiger partial charge >= 0.3 is 6.09 Å². The van der Waals surface area contributed by atoms with Gasteiger partial charge in [0, 0.05) is 29.8 Å². The van der Waals surface area contributed by atoms with E-state index in [4.69, 9.17) is 11.6 Å². The van der Waals surface area contributed by atoms with E-state index in [2.05, 4.69) is 25.3 Å². The average molecular weight is 586 g/mol. The number of halogens is 3. The van der Waals surface area contributed by atoms with Crippen LogP contribution in [0.3, 0.4) is 0 Å². The minimum Gasteiger partial charge on any atom is -0.453 e. The zero-order valence-electron chi connectivity index (χ0n) is 22.8. The summed E-state index contributed by atoms with van der Waals surface area (Å²) < 4.78 is 33.5. The third kappa shape index (κ3) is 6.91. The highest BCUT2D eigenvalue weighted by Gasteiger charge is 2.25. The Bertz CT molecular complexity index is 1510. The molecular weight excluding hydrogens is 556 g/mol. The Morgan fingerprint density at radius 1 is 1.22 bits per heavy atom. The lowest BCUT2D eigenvalue weighted by molar-refractivity contribution is -0.127. The summed E-state index contributed by atoms with van der Waals surface area (Å²) in [6, 6.07) is 7.16. The number of nitrogens with one attached hydrogen (secondary N) is 3. The fourth-order valence-corrected chi connectivity index (χ4v) is 4.71. The van der Waals surface area contributed by atoms with Crippen molar-refractivity contribution in [1.29, 1.82) is 0 Å². The summed E-state index contributed by atoms with van der Waals surface area (Å²) in [6.45, 7) is 4.24. The lowest BCUT2D eigenvalue weighted by Crippen LogP contribution is -2.33. The number of hydrogen-bond acceptors (Lipinski definition) is 5. The number of rotatable bonds is 9.